The summed E-state index contributed by atoms with van der Waals surface area (Å²) in [6.07, 6.45) is 5.34. The number of nitrogens with one attached hydrogen (secondary N) is 1. The summed E-state index contributed by atoms with van der Waals surface area (Å²) in [6, 6.07) is 19.1. The van der Waals surface area contributed by atoms with Crippen LogP contribution in [0.5, 0.6) is 0 Å². The Balaban J connectivity index is 1.60. The van der Waals surface area contributed by atoms with Crippen molar-refractivity contribution in [2.75, 3.05) is 5.32 Å². The average Bonchev–Trinajstić information content (AvgIpc) is 3.09. The predicted molar refractivity (Wildman–Crippen MR) is 117 cm³/mol. The number of hydrogen-bond donors (Lipinski definition) is 1. The number of anilines is 1. The fourth-order valence-electron chi connectivity index (χ4n) is 3.38. The highest BCUT2D eigenvalue weighted by Gasteiger charge is 2.13. The molecule has 0 saturated carbocycles. The lowest BCUT2D eigenvalue weighted by atomic mass is 10.1. The van der Waals surface area contributed by atoms with E-state index in [4.69, 9.17) is 4.98 Å². The summed E-state index contributed by atoms with van der Waals surface area (Å²) in [5, 5.41) is 2.96. The molecule has 5 nitrogen and oxygen atoms in total. The van der Waals surface area contributed by atoms with Gasteiger partial charge in [-0.25, -0.2) is 4.98 Å². The second kappa shape index (κ2) is 8.27. The van der Waals surface area contributed by atoms with E-state index in [0.29, 0.717) is 5.56 Å². The summed E-state index contributed by atoms with van der Waals surface area (Å²) < 4.78 is 2.02. The van der Waals surface area contributed by atoms with E-state index in [0.717, 1.165) is 34.7 Å². The topological polar surface area (TPSA) is 59.8 Å². The molecule has 5 heteroatoms. The lowest BCUT2D eigenvalue weighted by Crippen LogP contribution is -2.11. The van der Waals surface area contributed by atoms with E-state index >= 15 is 0 Å². The van der Waals surface area contributed by atoms with Gasteiger partial charge in [-0.05, 0) is 54.8 Å². The quantitative estimate of drug-likeness (QED) is 0.495. The third-order valence-electron chi connectivity index (χ3n) is 5.05. The second-order valence-corrected chi connectivity index (χ2v) is 7.17. The average molecular weight is 384 g/mol. The van der Waals surface area contributed by atoms with Gasteiger partial charge in [0.25, 0.3) is 5.91 Å². The third-order valence-corrected chi connectivity index (χ3v) is 5.05. The summed E-state index contributed by atoms with van der Waals surface area (Å²) in [4.78, 5) is 21.8. The first-order chi connectivity index (χ1) is 14.2. The molecule has 146 valence electrons. The van der Waals surface area contributed by atoms with Crippen LogP contribution < -0.4 is 5.32 Å². The van der Waals surface area contributed by atoms with Gasteiger partial charge in [-0.2, -0.15) is 0 Å². The first kappa shape index (κ1) is 18.9. The van der Waals surface area contributed by atoms with Crippen LogP contribution in [-0.4, -0.2) is 20.4 Å². The van der Waals surface area contributed by atoms with E-state index in [9.17, 15) is 4.79 Å². The van der Waals surface area contributed by atoms with E-state index in [1.54, 1.807) is 12.1 Å². The number of imidazole rings is 1. The predicted octanol–water partition coefficient (Wildman–Crippen LogP) is 5.23. The first-order valence-corrected chi connectivity index (χ1v) is 9.94. The number of hydrogen-bond acceptors (Lipinski definition) is 3. The van der Waals surface area contributed by atoms with Crippen molar-refractivity contribution in [1.29, 1.82) is 0 Å². The van der Waals surface area contributed by atoms with Gasteiger partial charge in [-0.15, -0.1) is 0 Å². The van der Waals surface area contributed by atoms with Gasteiger partial charge in [0.15, 0.2) is 5.82 Å². The summed E-state index contributed by atoms with van der Waals surface area (Å²) >= 11 is 0. The molecule has 0 spiro atoms. The van der Waals surface area contributed by atoms with Crippen molar-refractivity contribution in [3.05, 3.63) is 78.0 Å². The minimum atomic E-state index is -0.128. The van der Waals surface area contributed by atoms with E-state index in [-0.39, 0.29) is 5.91 Å². The van der Waals surface area contributed by atoms with Gasteiger partial charge in [0.05, 0.1) is 11.0 Å². The monoisotopic (exact) mass is 384 g/mol. The van der Waals surface area contributed by atoms with Crippen molar-refractivity contribution in [2.45, 2.75) is 26.2 Å². The molecule has 4 rings (SSSR count). The molecular weight excluding hydrogens is 360 g/mol. The lowest BCUT2D eigenvalue weighted by molar-refractivity contribution is 0.102. The number of aromatic nitrogens is 3. The number of aryl methyl sites for hydroxylation is 2. The highest BCUT2D eigenvalue weighted by molar-refractivity contribution is 6.05. The van der Waals surface area contributed by atoms with Crippen molar-refractivity contribution in [3.63, 3.8) is 0 Å². The number of carbonyl (C=O) groups is 1. The van der Waals surface area contributed by atoms with Gasteiger partial charge in [0.2, 0.25) is 0 Å². The molecule has 0 aliphatic carbocycles. The molecule has 2 aromatic heterocycles. The van der Waals surface area contributed by atoms with Gasteiger partial charge < -0.3 is 9.88 Å². The summed E-state index contributed by atoms with van der Waals surface area (Å²) in [5.74, 6) is 0.685. The fraction of sp³-hybridized carbons (Fsp3) is 0.208. The number of unbranched alkanes of at least 4 members (excludes halogenated alkanes) is 1. The molecule has 2 heterocycles. The van der Waals surface area contributed by atoms with Crippen molar-refractivity contribution in [1.82, 2.24) is 14.5 Å². The molecule has 0 fully saturated rings. The van der Waals surface area contributed by atoms with Gasteiger partial charge in [-0.3, -0.25) is 9.78 Å². The second-order valence-electron chi connectivity index (χ2n) is 7.17. The highest BCUT2D eigenvalue weighted by atomic mass is 16.1. The van der Waals surface area contributed by atoms with Gasteiger partial charge in [0.1, 0.15) is 5.69 Å². The standard InChI is InChI=1S/C24H24N4O/c1-3-4-8-17-11-13-21(25-16-17)23-27-20-14-12-19(15-22(20)28(23)2)26-24(29)18-9-6-5-7-10-18/h5-7,9-16H,3-4,8H2,1-2H3,(H,26,29). The Kier molecular flexibility index (Phi) is 5.38. The molecule has 0 bridgehead atoms. The minimum absolute atomic E-state index is 0.128. The molecule has 0 aliphatic heterocycles. The Labute approximate surface area is 170 Å². The molecule has 0 unspecified atom stereocenters. The van der Waals surface area contributed by atoms with Crippen LogP contribution in [0.15, 0.2) is 66.9 Å². The van der Waals surface area contributed by atoms with E-state index < -0.39 is 0 Å². The SMILES string of the molecule is CCCCc1ccc(-c2nc3ccc(NC(=O)c4ccccc4)cc3n2C)nc1. The zero-order valence-corrected chi connectivity index (χ0v) is 16.7. The van der Waals surface area contributed by atoms with Crippen LogP contribution in [0.1, 0.15) is 35.7 Å². The van der Waals surface area contributed by atoms with Crippen molar-refractivity contribution in [2.24, 2.45) is 7.05 Å². The Morgan fingerprint density at radius 1 is 1.07 bits per heavy atom. The van der Waals surface area contributed by atoms with Crippen LogP contribution in [0.4, 0.5) is 5.69 Å². The van der Waals surface area contributed by atoms with Crippen molar-refractivity contribution < 1.29 is 4.79 Å². The largest absolute Gasteiger partial charge is 0.326 e. The van der Waals surface area contributed by atoms with E-state index in [1.165, 1.54) is 18.4 Å². The number of amides is 1. The Hall–Kier alpha value is -3.47. The smallest absolute Gasteiger partial charge is 0.255 e. The minimum Gasteiger partial charge on any atom is -0.326 e. The molecule has 29 heavy (non-hydrogen) atoms. The zero-order chi connectivity index (χ0) is 20.2. The normalized spacial score (nSPS) is 11.0. The van der Waals surface area contributed by atoms with Gasteiger partial charge >= 0.3 is 0 Å². The van der Waals surface area contributed by atoms with Crippen LogP contribution in [0.3, 0.4) is 0 Å². The molecule has 4 aromatic rings. The van der Waals surface area contributed by atoms with Crippen molar-refractivity contribution >= 4 is 22.6 Å². The molecule has 0 radical (unpaired) electrons. The maximum absolute atomic E-state index is 12.4. The van der Waals surface area contributed by atoms with Crippen LogP contribution in [0.2, 0.25) is 0 Å². The van der Waals surface area contributed by atoms with E-state index in [2.05, 4.69) is 23.3 Å². The third kappa shape index (κ3) is 4.04. The van der Waals surface area contributed by atoms with Crippen LogP contribution >= 0.6 is 0 Å². The Morgan fingerprint density at radius 2 is 1.90 bits per heavy atom. The summed E-state index contributed by atoms with van der Waals surface area (Å²) in [5.41, 5.74) is 5.29. The molecule has 1 N–H and O–H groups in total. The maximum atomic E-state index is 12.4. The Morgan fingerprint density at radius 3 is 2.62 bits per heavy atom. The van der Waals surface area contributed by atoms with Crippen LogP contribution in [0, 0.1) is 0 Å². The number of benzene rings is 2. The number of nitrogens with zero attached hydrogens (tertiary/aromatic N) is 3. The number of fused-ring (bicyclic) bond motifs is 1. The molecule has 0 saturated heterocycles. The zero-order valence-electron chi connectivity index (χ0n) is 16.7. The summed E-state index contributed by atoms with van der Waals surface area (Å²) in [6.45, 7) is 2.19. The molecular formula is C24H24N4O. The lowest BCUT2D eigenvalue weighted by Gasteiger charge is -2.06. The van der Waals surface area contributed by atoms with E-state index in [1.807, 2.05) is 60.3 Å². The van der Waals surface area contributed by atoms with Crippen LogP contribution in [-0.2, 0) is 13.5 Å². The number of pyridine rings is 1. The molecule has 0 atom stereocenters. The molecule has 1 amide bonds. The fourth-order valence-corrected chi connectivity index (χ4v) is 3.38. The summed E-state index contributed by atoms with van der Waals surface area (Å²) in [7, 11) is 1.97. The van der Waals surface area contributed by atoms with Crippen molar-refractivity contribution in [3.8, 4) is 11.5 Å². The molecule has 2 aromatic carbocycles. The van der Waals surface area contributed by atoms with Crippen LogP contribution in [0.25, 0.3) is 22.6 Å². The molecule has 0 aliphatic rings. The highest BCUT2D eigenvalue weighted by Crippen LogP contribution is 2.25. The Bertz CT molecular complexity index is 1130. The van der Waals surface area contributed by atoms with Gasteiger partial charge in [-0.1, -0.05) is 37.6 Å². The number of rotatable bonds is 6. The maximum Gasteiger partial charge on any atom is 0.255 e. The van der Waals surface area contributed by atoms with Gasteiger partial charge in [0, 0.05) is 24.5 Å². The number of carbonyl (C=O) groups excluding carboxylic acids is 1. The first-order valence-electron chi connectivity index (χ1n) is 9.94.